The minimum absolute atomic E-state index is 0.163. The van der Waals surface area contributed by atoms with E-state index in [4.69, 9.17) is 16.3 Å². The maximum absolute atomic E-state index is 12.3. The number of carbonyl (C=O) groups is 1. The lowest BCUT2D eigenvalue weighted by Gasteiger charge is -2.09. The summed E-state index contributed by atoms with van der Waals surface area (Å²) in [5.74, 6) is 1.44. The first-order chi connectivity index (χ1) is 14.1. The molecule has 3 aromatic rings. The fourth-order valence-corrected chi connectivity index (χ4v) is 3.60. The van der Waals surface area contributed by atoms with E-state index in [9.17, 15) is 4.79 Å². The normalized spacial score (nSPS) is 10.6. The van der Waals surface area contributed by atoms with E-state index >= 15 is 0 Å². The molecule has 6 nitrogen and oxygen atoms in total. The lowest BCUT2D eigenvalue weighted by molar-refractivity contribution is -0.113. The zero-order chi connectivity index (χ0) is 20.6. The van der Waals surface area contributed by atoms with Crippen molar-refractivity contribution in [3.63, 3.8) is 0 Å². The van der Waals surface area contributed by atoms with Crippen LogP contribution < -0.4 is 10.1 Å². The van der Waals surface area contributed by atoms with Gasteiger partial charge in [-0.3, -0.25) is 9.36 Å². The number of thioether (sulfide) groups is 1. The van der Waals surface area contributed by atoms with Crippen molar-refractivity contribution >= 4 is 50.9 Å². The number of nitrogens with zero attached hydrogens (tertiary/aromatic N) is 3. The lowest BCUT2D eigenvalue weighted by Crippen LogP contribution is -2.15. The Bertz CT molecular complexity index is 997. The number of nitrogens with one attached hydrogen (secondary N) is 1. The van der Waals surface area contributed by atoms with Gasteiger partial charge >= 0.3 is 0 Å². The Balaban J connectivity index is 1.60. The van der Waals surface area contributed by atoms with Crippen LogP contribution in [0, 0.1) is 0 Å². The molecule has 0 aliphatic rings. The van der Waals surface area contributed by atoms with Gasteiger partial charge in [0.25, 0.3) is 0 Å². The lowest BCUT2D eigenvalue weighted by atomic mass is 10.3. The number of anilines is 1. The van der Waals surface area contributed by atoms with Crippen molar-refractivity contribution in [1.82, 2.24) is 14.8 Å². The Morgan fingerprint density at radius 1 is 1.28 bits per heavy atom. The summed E-state index contributed by atoms with van der Waals surface area (Å²) in [5.41, 5.74) is 0.633. The summed E-state index contributed by atoms with van der Waals surface area (Å²) in [5, 5.41) is 12.4. The Hall–Kier alpha value is -2.29. The Labute approximate surface area is 186 Å². The molecular formula is C20H18BrClN4O2S. The highest BCUT2D eigenvalue weighted by atomic mass is 79.9. The van der Waals surface area contributed by atoms with Crippen LogP contribution in [0.5, 0.6) is 5.75 Å². The van der Waals surface area contributed by atoms with Crippen LogP contribution in [0.4, 0.5) is 5.69 Å². The summed E-state index contributed by atoms with van der Waals surface area (Å²) in [4.78, 5) is 12.3. The number of carbonyl (C=O) groups excluding carboxylic acids is 1. The molecule has 9 heteroatoms. The third-order valence-corrected chi connectivity index (χ3v) is 5.95. The SMILES string of the molecule is C=CCn1c(COc2ccccc2)nnc1SCC(=O)Nc1ccc(Br)c(Cl)c1. The number of benzene rings is 2. The number of hydrogen-bond acceptors (Lipinski definition) is 5. The molecule has 1 aromatic heterocycles. The monoisotopic (exact) mass is 492 g/mol. The van der Waals surface area contributed by atoms with Gasteiger partial charge in [0.15, 0.2) is 11.0 Å². The molecule has 150 valence electrons. The van der Waals surface area contributed by atoms with Crippen LogP contribution >= 0.6 is 39.3 Å². The van der Waals surface area contributed by atoms with Gasteiger partial charge in [-0.15, -0.1) is 16.8 Å². The molecule has 0 radical (unpaired) electrons. The van der Waals surface area contributed by atoms with Gasteiger partial charge in [-0.05, 0) is 46.3 Å². The molecule has 0 aliphatic heterocycles. The van der Waals surface area contributed by atoms with Crippen molar-refractivity contribution in [2.24, 2.45) is 0 Å². The summed E-state index contributed by atoms with van der Waals surface area (Å²) in [7, 11) is 0. The van der Waals surface area contributed by atoms with Gasteiger partial charge in [0, 0.05) is 16.7 Å². The highest BCUT2D eigenvalue weighted by molar-refractivity contribution is 9.10. The molecule has 0 atom stereocenters. The van der Waals surface area contributed by atoms with Crippen molar-refractivity contribution in [2.75, 3.05) is 11.1 Å². The van der Waals surface area contributed by atoms with Gasteiger partial charge < -0.3 is 10.1 Å². The smallest absolute Gasteiger partial charge is 0.234 e. The second-order valence-corrected chi connectivity index (χ2v) is 8.07. The predicted octanol–water partition coefficient (Wildman–Crippen LogP) is 5.19. The summed E-state index contributed by atoms with van der Waals surface area (Å²) < 4.78 is 8.41. The first kappa shape index (κ1) is 21.4. The van der Waals surface area contributed by atoms with Crippen LogP contribution in [-0.2, 0) is 17.9 Å². The van der Waals surface area contributed by atoms with Crippen LogP contribution in [0.2, 0.25) is 5.02 Å². The fraction of sp³-hybridized carbons (Fsp3) is 0.150. The van der Waals surface area contributed by atoms with Gasteiger partial charge in [-0.1, -0.05) is 47.6 Å². The van der Waals surface area contributed by atoms with Gasteiger partial charge in [0.05, 0.1) is 10.8 Å². The Kier molecular flexibility index (Phi) is 7.74. The highest BCUT2D eigenvalue weighted by Gasteiger charge is 2.14. The van der Waals surface area contributed by atoms with E-state index in [1.54, 1.807) is 24.3 Å². The number of aromatic nitrogens is 3. The minimum atomic E-state index is -0.163. The van der Waals surface area contributed by atoms with Crippen molar-refractivity contribution in [3.8, 4) is 5.75 Å². The largest absolute Gasteiger partial charge is 0.486 e. The molecular weight excluding hydrogens is 476 g/mol. The van der Waals surface area contributed by atoms with Gasteiger partial charge in [0.1, 0.15) is 12.4 Å². The fourth-order valence-electron chi connectivity index (χ4n) is 2.41. The molecule has 0 saturated heterocycles. The topological polar surface area (TPSA) is 69.0 Å². The Morgan fingerprint density at radius 3 is 2.79 bits per heavy atom. The molecule has 1 N–H and O–H groups in total. The summed E-state index contributed by atoms with van der Waals surface area (Å²) in [6, 6.07) is 14.7. The first-order valence-corrected chi connectivity index (χ1v) is 10.8. The molecule has 0 fully saturated rings. The minimum Gasteiger partial charge on any atom is -0.486 e. The molecule has 1 amide bonds. The number of amides is 1. The van der Waals surface area contributed by atoms with Gasteiger partial charge in [-0.2, -0.15) is 0 Å². The zero-order valence-electron chi connectivity index (χ0n) is 15.3. The Morgan fingerprint density at radius 2 is 2.07 bits per heavy atom. The third kappa shape index (κ3) is 6.09. The number of allylic oxidation sites excluding steroid dienone is 1. The molecule has 2 aromatic carbocycles. The summed E-state index contributed by atoms with van der Waals surface area (Å²) >= 11 is 10.7. The van der Waals surface area contributed by atoms with Crippen LogP contribution in [0.3, 0.4) is 0 Å². The maximum Gasteiger partial charge on any atom is 0.234 e. The number of para-hydroxylation sites is 1. The molecule has 0 bridgehead atoms. The van der Waals surface area contributed by atoms with Crippen molar-refractivity contribution in [2.45, 2.75) is 18.3 Å². The molecule has 0 unspecified atom stereocenters. The average molecular weight is 494 g/mol. The zero-order valence-corrected chi connectivity index (χ0v) is 18.5. The van der Waals surface area contributed by atoms with E-state index in [-0.39, 0.29) is 18.3 Å². The molecule has 1 heterocycles. The van der Waals surface area contributed by atoms with E-state index in [1.807, 2.05) is 34.9 Å². The van der Waals surface area contributed by atoms with Crippen molar-refractivity contribution in [1.29, 1.82) is 0 Å². The van der Waals surface area contributed by atoms with Crippen LogP contribution in [-0.4, -0.2) is 26.4 Å². The predicted molar refractivity (Wildman–Crippen MR) is 119 cm³/mol. The standard InChI is InChI=1S/C20H18BrClN4O2S/c1-2-10-26-18(12-28-15-6-4-3-5-7-15)24-25-20(26)29-13-19(27)23-14-8-9-16(21)17(22)11-14/h2-9,11H,1,10,12-13H2,(H,23,27). The summed E-state index contributed by atoms with van der Waals surface area (Å²) in [6.45, 7) is 4.57. The first-order valence-electron chi connectivity index (χ1n) is 8.65. The molecule has 29 heavy (non-hydrogen) atoms. The molecule has 0 saturated carbocycles. The second kappa shape index (κ2) is 10.5. The van der Waals surface area contributed by atoms with E-state index in [1.165, 1.54) is 11.8 Å². The van der Waals surface area contributed by atoms with Gasteiger partial charge in [0.2, 0.25) is 5.91 Å². The summed E-state index contributed by atoms with van der Waals surface area (Å²) in [6.07, 6.45) is 1.75. The number of ether oxygens (including phenoxy) is 1. The number of hydrogen-bond donors (Lipinski definition) is 1. The molecule has 3 rings (SSSR count). The van der Waals surface area contributed by atoms with Crippen molar-refractivity contribution in [3.05, 3.63) is 76.5 Å². The van der Waals surface area contributed by atoms with Crippen LogP contribution in [0.25, 0.3) is 0 Å². The molecule has 0 spiro atoms. The van der Waals surface area contributed by atoms with Crippen LogP contribution in [0.1, 0.15) is 5.82 Å². The maximum atomic E-state index is 12.3. The number of halogens is 2. The number of rotatable bonds is 9. The van der Waals surface area contributed by atoms with E-state index in [2.05, 4.69) is 38.0 Å². The van der Waals surface area contributed by atoms with E-state index in [0.29, 0.717) is 28.2 Å². The van der Waals surface area contributed by atoms with E-state index < -0.39 is 0 Å². The quantitative estimate of drug-likeness (QED) is 0.328. The highest BCUT2D eigenvalue weighted by Crippen LogP contribution is 2.26. The van der Waals surface area contributed by atoms with Gasteiger partial charge in [-0.25, -0.2) is 0 Å². The van der Waals surface area contributed by atoms with Crippen molar-refractivity contribution < 1.29 is 9.53 Å². The third-order valence-electron chi connectivity index (χ3n) is 3.75. The molecule has 0 aliphatic carbocycles. The average Bonchev–Trinajstić information content (AvgIpc) is 3.10. The second-order valence-electron chi connectivity index (χ2n) is 5.87. The van der Waals surface area contributed by atoms with Crippen LogP contribution in [0.15, 0.2) is 70.8 Å². The van der Waals surface area contributed by atoms with E-state index in [0.717, 1.165) is 10.2 Å².